The van der Waals surface area contributed by atoms with Crippen molar-refractivity contribution < 1.29 is 4.79 Å². The lowest BCUT2D eigenvalue weighted by Crippen LogP contribution is -2.43. The zero-order chi connectivity index (χ0) is 16.9. The smallest absolute Gasteiger partial charge is 0.180 e. The molecule has 0 saturated carbocycles. The number of Topliss-reactive ketones (excluding diaryl/α,β-unsaturated/α-hetero) is 1. The Balaban J connectivity index is 2.39. The Morgan fingerprint density at radius 1 is 0.957 bits per heavy atom. The molecule has 0 saturated heterocycles. The topological polar surface area (TPSA) is 32.7 Å². The summed E-state index contributed by atoms with van der Waals surface area (Å²) in [6.07, 6.45) is 0. The van der Waals surface area contributed by atoms with E-state index in [1.165, 1.54) is 5.56 Å². The first-order chi connectivity index (χ1) is 10.9. The molecule has 23 heavy (non-hydrogen) atoms. The van der Waals surface area contributed by atoms with Crippen LogP contribution >= 0.6 is 0 Å². The van der Waals surface area contributed by atoms with E-state index >= 15 is 0 Å². The number of ketones is 1. The second-order valence-electron chi connectivity index (χ2n) is 6.58. The second-order valence-corrected chi connectivity index (χ2v) is 11.4. The van der Waals surface area contributed by atoms with E-state index in [4.69, 9.17) is 5.10 Å². The Labute approximate surface area is 139 Å². The van der Waals surface area contributed by atoms with Gasteiger partial charge in [-0.2, -0.15) is 5.10 Å². The van der Waals surface area contributed by atoms with Crippen molar-refractivity contribution in [2.45, 2.75) is 33.1 Å². The SMILES string of the molecule is CC(=O)/C(=N\N(Cc1ccccc1)[Si](C)(C)C)c1ccccc1. The Morgan fingerprint density at radius 3 is 1.96 bits per heavy atom. The molecule has 0 spiro atoms. The van der Waals surface area contributed by atoms with Gasteiger partial charge in [0.1, 0.15) is 5.71 Å². The van der Waals surface area contributed by atoms with Crippen molar-refractivity contribution in [3.05, 3.63) is 71.8 Å². The average Bonchev–Trinajstić information content (AvgIpc) is 2.51. The van der Waals surface area contributed by atoms with Gasteiger partial charge in [-0.1, -0.05) is 80.3 Å². The molecule has 2 rings (SSSR count). The minimum absolute atomic E-state index is 0.00693. The van der Waals surface area contributed by atoms with Gasteiger partial charge in [0, 0.05) is 12.5 Å². The van der Waals surface area contributed by atoms with Gasteiger partial charge in [0.25, 0.3) is 0 Å². The molecule has 0 aliphatic heterocycles. The summed E-state index contributed by atoms with van der Waals surface area (Å²) >= 11 is 0. The number of benzene rings is 2. The van der Waals surface area contributed by atoms with Crippen LogP contribution in [-0.2, 0) is 11.3 Å². The Kier molecular flexibility index (Phi) is 5.50. The maximum absolute atomic E-state index is 12.1. The highest BCUT2D eigenvalue weighted by Gasteiger charge is 2.24. The van der Waals surface area contributed by atoms with Crippen molar-refractivity contribution in [1.82, 2.24) is 4.67 Å². The van der Waals surface area contributed by atoms with Crippen LogP contribution in [-0.4, -0.2) is 24.4 Å². The van der Waals surface area contributed by atoms with Crippen LogP contribution in [0.15, 0.2) is 65.8 Å². The Bertz CT molecular complexity index is 676. The van der Waals surface area contributed by atoms with Crippen LogP contribution in [0, 0.1) is 0 Å². The van der Waals surface area contributed by atoms with E-state index in [1.807, 2.05) is 48.5 Å². The van der Waals surface area contributed by atoms with Gasteiger partial charge in [-0.25, -0.2) is 0 Å². The van der Waals surface area contributed by atoms with Gasteiger partial charge in [0.2, 0.25) is 0 Å². The molecule has 0 fully saturated rings. The van der Waals surface area contributed by atoms with Crippen LogP contribution in [0.4, 0.5) is 0 Å². The molecular formula is C19H24N2OSi. The summed E-state index contributed by atoms with van der Waals surface area (Å²) in [6.45, 7) is 9.02. The van der Waals surface area contributed by atoms with E-state index in [0.717, 1.165) is 12.1 Å². The molecule has 0 bridgehead atoms. The van der Waals surface area contributed by atoms with Crippen molar-refractivity contribution in [2.75, 3.05) is 0 Å². The van der Waals surface area contributed by atoms with Gasteiger partial charge in [-0.15, -0.1) is 0 Å². The number of carbonyl (C=O) groups excluding carboxylic acids is 1. The summed E-state index contributed by atoms with van der Waals surface area (Å²) in [5.41, 5.74) is 2.61. The lowest BCUT2D eigenvalue weighted by atomic mass is 10.1. The molecule has 4 heteroatoms. The number of rotatable bonds is 6. The third-order valence-electron chi connectivity index (χ3n) is 3.55. The third kappa shape index (κ3) is 4.89. The summed E-state index contributed by atoms with van der Waals surface area (Å²) in [7, 11) is -1.72. The molecule has 0 heterocycles. The van der Waals surface area contributed by atoms with Crippen LogP contribution in [0.25, 0.3) is 0 Å². The largest absolute Gasteiger partial charge is 0.320 e. The molecule has 0 radical (unpaired) electrons. The van der Waals surface area contributed by atoms with Crippen molar-refractivity contribution in [3.63, 3.8) is 0 Å². The first-order valence-corrected chi connectivity index (χ1v) is 11.3. The fourth-order valence-corrected chi connectivity index (χ4v) is 3.28. The Hall–Kier alpha value is -2.20. The predicted octanol–water partition coefficient (Wildman–Crippen LogP) is 4.32. The maximum Gasteiger partial charge on any atom is 0.180 e. The molecular weight excluding hydrogens is 300 g/mol. The molecule has 0 amide bonds. The number of hydrogen-bond acceptors (Lipinski definition) is 3. The summed E-state index contributed by atoms with van der Waals surface area (Å²) in [4.78, 5) is 12.1. The minimum atomic E-state index is -1.72. The van der Waals surface area contributed by atoms with Crippen molar-refractivity contribution in [2.24, 2.45) is 5.10 Å². The standard InChI is InChI=1S/C19H24N2OSi/c1-16(22)19(18-13-9-6-10-14-18)20-21(23(2,3)4)15-17-11-7-5-8-12-17/h5-14H,15H2,1-4H3/b20-19+. The third-order valence-corrected chi connectivity index (χ3v) is 5.36. The number of hydrazone groups is 1. The molecule has 3 nitrogen and oxygen atoms in total. The summed E-state index contributed by atoms with van der Waals surface area (Å²) in [6, 6.07) is 20.0. The molecule has 2 aromatic rings. The highest BCUT2D eigenvalue weighted by Crippen LogP contribution is 2.17. The number of carbonyl (C=O) groups is 1. The van der Waals surface area contributed by atoms with Crippen molar-refractivity contribution in [3.8, 4) is 0 Å². The average molecular weight is 325 g/mol. The summed E-state index contributed by atoms with van der Waals surface area (Å²) in [5.74, 6) is -0.00693. The number of nitrogens with zero attached hydrogens (tertiary/aromatic N) is 2. The van der Waals surface area contributed by atoms with Crippen LogP contribution in [0.3, 0.4) is 0 Å². The molecule has 2 aromatic carbocycles. The lowest BCUT2D eigenvalue weighted by Gasteiger charge is -2.32. The minimum Gasteiger partial charge on any atom is -0.320 e. The lowest BCUT2D eigenvalue weighted by molar-refractivity contribution is -0.111. The zero-order valence-electron chi connectivity index (χ0n) is 14.3. The fourth-order valence-electron chi connectivity index (χ4n) is 2.23. The van der Waals surface area contributed by atoms with Gasteiger partial charge in [0.15, 0.2) is 14.0 Å². The molecule has 0 aliphatic rings. The molecule has 0 unspecified atom stereocenters. The molecule has 0 aromatic heterocycles. The van der Waals surface area contributed by atoms with Gasteiger partial charge >= 0.3 is 0 Å². The molecule has 0 aliphatic carbocycles. The van der Waals surface area contributed by atoms with E-state index < -0.39 is 8.24 Å². The first kappa shape index (κ1) is 17.2. The second kappa shape index (κ2) is 7.37. The normalized spacial score (nSPS) is 12.1. The van der Waals surface area contributed by atoms with Crippen molar-refractivity contribution in [1.29, 1.82) is 0 Å². The van der Waals surface area contributed by atoms with Crippen LogP contribution in [0.5, 0.6) is 0 Å². The fraction of sp³-hybridized carbons (Fsp3) is 0.263. The van der Waals surface area contributed by atoms with Gasteiger partial charge < -0.3 is 4.67 Å². The first-order valence-electron chi connectivity index (χ1n) is 7.84. The van der Waals surface area contributed by atoms with E-state index in [-0.39, 0.29) is 5.78 Å². The van der Waals surface area contributed by atoms with Crippen LogP contribution < -0.4 is 0 Å². The molecule has 0 atom stereocenters. The van der Waals surface area contributed by atoms with Gasteiger partial charge in [-0.05, 0) is 5.56 Å². The predicted molar refractivity (Wildman–Crippen MR) is 99.0 cm³/mol. The quantitative estimate of drug-likeness (QED) is 0.450. The van der Waals surface area contributed by atoms with E-state index in [9.17, 15) is 4.79 Å². The summed E-state index contributed by atoms with van der Waals surface area (Å²) < 4.78 is 2.12. The van der Waals surface area contributed by atoms with Crippen LogP contribution in [0.2, 0.25) is 19.6 Å². The van der Waals surface area contributed by atoms with Crippen LogP contribution in [0.1, 0.15) is 18.1 Å². The summed E-state index contributed by atoms with van der Waals surface area (Å²) in [5, 5.41) is 4.77. The molecule has 0 N–H and O–H groups in total. The highest BCUT2D eigenvalue weighted by molar-refractivity contribution is 6.73. The van der Waals surface area contributed by atoms with E-state index in [0.29, 0.717) is 5.71 Å². The van der Waals surface area contributed by atoms with E-state index in [2.05, 4.69) is 36.4 Å². The van der Waals surface area contributed by atoms with E-state index in [1.54, 1.807) is 6.92 Å². The highest BCUT2D eigenvalue weighted by atomic mass is 28.3. The molecule has 120 valence electrons. The maximum atomic E-state index is 12.1. The Morgan fingerprint density at radius 2 is 1.48 bits per heavy atom. The van der Waals surface area contributed by atoms with Gasteiger partial charge in [0.05, 0.1) is 6.54 Å². The zero-order valence-corrected chi connectivity index (χ0v) is 15.3. The van der Waals surface area contributed by atoms with Crippen molar-refractivity contribution >= 4 is 19.7 Å². The monoisotopic (exact) mass is 324 g/mol. The van der Waals surface area contributed by atoms with Gasteiger partial charge in [-0.3, -0.25) is 4.79 Å². The number of hydrogen-bond donors (Lipinski definition) is 0.